The second kappa shape index (κ2) is 6.51. The van der Waals surface area contributed by atoms with Crippen molar-refractivity contribution in [2.24, 2.45) is 7.05 Å². The fraction of sp³-hybridized carbons (Fsp3) is 0.412. The molecule has 3 rings (SSSR count). The van der Waals surface area contributed by atoms with Gasteiger partial charge in [0.25, 0.3) is 5.91 Å². The number of aryl methyl sites for hydroxylation is 1. The van der Waals surface area contributed by atoms with Crippen molar-refractivity contribution in [3.63, 3.8) is 0 Å². The quantitative estimate of drug-likeness (QED) is 0.847. The number of hydrogen-bond acceptors (Lipinski definition) is 3. The molecule has 1 aliphatic rings. The van der Waals surface area contributed by atoms with Gasteiger partial charge in [0.15, 0.2) is 0 Å². The average molecular weight is 333 g/mol. The Balaban J connectivity index is 1.74. The molecular formula is C17H20FN3O3. The van der Waals surface area contributed by atoms with E-state index in [9.17, 15) is 14.0 Å². The number of ether oxygens (including phenoxy) is 1. The first-order valence-electron chi connectivity index (χ1n) is 7.97. The number of piperazine rings is 1. The lowest BCUT2D eigenvalue weighted by Crippen LogP contribution is -2.51. The molecule has 0 aliphatic carbocycles. The van der Waals surface area contributed by atoms with E-state index >= 15 is 0 Å². The average Bonchev–Trinajstić information content (AvgIpc) is 2.91. The van der Waals surface area contributed by atoms with Gasteiger partial charge in [-0.05, 0) is 31.2 Å². The monoisotopic (exact) mass is 333 g/mol. The van der Waals surface area contributed by atoms with Gasteiger partial charge < -0.3 is 19.1 Å². The molecule has 2 aromatic rings. The molecule has 1 aromatic carbocycles. The van der Waals surface area contributed by atoms with Crippen LogP contribution in [0.3, 0.4) is 0 Å². The van der Waals surface area contributed by atoms with Crippen LogP contribution in [0.5, 0.6) is 0 Å². The Bertz CT molecular complexity index is 779. The molecule has 6 nitrogen and oxygen atoms in total. The van der Waals surface area contributed by atoms with E-state index in [4.69, 9.17) is 4.74 Å². The smallest absolute Gasteiger partial charge is 0.409 e. The van der Waals surface area contributed by atoms with Crippen LogP contribution in [0.25, 0.3) is 10.9 Å². The molecule has 0 saturated carbocycles. The number of nitrogens with zero attached hydrogens (tertiary/aromatic N) is 3. The third-order valence-corrected chi connectivity index (χ3v) is 4.32. The summed E-state index contributed by atoms with van der Waals surface area (Å²) < 4.78 is 20.1. The van der Waals surface area contributed by atoms with Crippen LogP contribution in [-0.4, -0.2) is 59.2 Å². The van der Waals surface area contributed by atoms with Crippen molar-refractivity contribution in [2.45, 2.75) is 6.92 Å². The standard InChI is InChI=1S/C17H20FN3O3/c1-3-24-17(23)21-8-6-20(7-9-21)16(22)15-10-12-4-5-13(18)11-14(12)19(15)2/h4-5,10-11H,3,6-9H2,1-2H3. The molecule has 1 aromatic heterocycles. The van der Waals surface area contributed by atoms with Crippen LogP contribution in [0.15, 0.2) is 24.3 Å². The molecule has 128 valence electrons. The molecule has 24 heavy (non-hydrogen) atoms. The number of carbonyl (C=O) groups is 2. The molecule has 0 unspecified atom stereocenters. The molecular weight excluding hydrogens is 313 g/mol. The van der Waals surface area contributed by atoms with E-state index in [1.165, 1.54) is 12.1 Å². The summed E-state index contributed by atoms with van der Waals surface area (Å²) >= 11 is 0. The Hall–Kier alpha value is -2.57. The van der Waals surface area contributed by atoms with Crippen LogP contribution in [0, 0.1) is 5.82 Å². The first kappa shape index (κ1) is 16.3. The first-order chi connectivity index (χ1) is 11.5. The molecule has 2 heterocycles. The van der Waals surface area contributed by atoms with Gasteiger partial charge in [0.05, 0.1) is 12.1 Å². The van der Waals surface area contributed by atoms with Crippen molar-refractivity contribution < 1.29 is 18.7 Å². The van der Waals surface area contributed by atoms with Crippen LogP contribution in [0.4, 0.5) is 9.18 Å². The number of carbonyl (C=O) groups excluding carboxylic acids is 2. The molecule has 0 bridgehead atoms. The van der Waals surface area contributed by atoms with Gasteiger partial charge in [-0.1, -0.05) is 0 Å². The number of rotatable bonds is 2. The summed E-state index contributed by atoms with van der Waals surface area (Å²) in [7, 11) is 1.75. The second-order valence-corrected chi connectivity index (χ2v) is 5.77. The Morgan fingerprint density at radius 2 is 1.79 bits per heavy atom. The van der Waals surface area contributed by atoms with E-state index in [0.29, 0.717) is 44.0 Å². The lowest BCUT2D eigenvalue weighted by Gasteiger charge is -2.34. The van der Waals surface area contributed by atoms with Crippen molar-refractivity contribution in [1.82, 2.24) is 14.4 Å². The Morgan fingerprint density at radius 1 is 1.12 bits per heavy atom. The van der Waals surface area contributed by atoms with Gasteiger partial charge in [-0.3, -0.25) is 4.79 Å². The predicted octanol–water partition coefficient (Wildman–Crippen LogP) is 2.23. The van der Waals surface area contributed by atoms with E-state index < -0.39 is 0 Å². The van der Waals surface area contributed by atoms with Crippen LogP contribution in [0.2, 0.25) is 0 Å². The van der Waals surface area contributed by atoms with Crippen LogP contribution >= 0.6 is 0 Å². The second-order valence-electron chi connectivity index (χ2n) is 5.77. The van der Waals surface area contributed by atoms with E-state index in [0.717, 1.165) is 5.39 Å². The summed E-state index contributed by atoms with van der Waals surface area (Å²) in [6.07, 6.45) is -0.343. The van der Waals surface area contributed by atoms with Crippen LogP contribution < -0.4 is 0 Å². The maximum atomic E-state index is 13.4. The summed E-state index contributed by atoms with van der Waals surface area (Å²) in [5, 5.41) is 0.826. The van der Waals surface area contributed by atoms with Crippen LogP contribution in [0.1, 0.15) is 17.4 Å². The van der Waals surface area contributed by atoms with Crippen molar-refractivity contribution in [1.29, 1.82) is 0 Å². The zero-order valence-electron chi connectivity index (χ0n) is 13.8. The summed E-state index contributed by atoms with van der Waals surface area (Å²) in [5.41, 5.74) is 1.20. The summed E-state index contributed by atoms with van der Waals surface area (Å²) in [5.74, 6) is -0.441. The lowest BCUT2D eigenvalue weighted by molar-refractivity contribution is 0.0563. The highest BCUT2D eigenvalue weighted by Gasteiger charge is 2.27. The zero-order valence-corrected chi connectivity index (χ0v) is 13.8. The third kappa shape index (κ3) is 2.93. The first-order valence-corrected chi connectivity index (χ1v) is 7.97. The predicted molar refractivity (Wildman–Crippen MR) is 87.4 cm³/mol. The maximum absolute atomic E-state index is 13.4. The fourth-order valence-electron chi connectivity index (χ4n) is 2.98. The van der Waals surface area contributed by atoms with E-state index in [2.05, 4.69) is 0 Å². The largest absolute Gasteiger partial charge is 0.450 e. The number of amides is 2. The maximum Gasteiger partial charge on any atom is 0.409 e. The minimum atomic E-state index is -0.343. The highest BCUT2D eigenvalue weighted by atomic mass is 19.1. The highest BCUT2D eigenvalue weighted by Crippen LogP contribution is 2.21. The zero-order chi connectivity index (χ0) is 17.3. The van der Waals surface area contributed by atoms with Crippen molar-refractivity contribution in [2.75, 3.05) is 32.8 Å². The van der Waals surface area contributed by atoms with Gasteiger partial charge in [-0.15, -0.1) is 0 Å². The SMILES string of the molecule is CCOC(=O)N1CCN(C(=O)c2cc3ccc(F)cc3n2C)CC1. The molecule has 1 saturated heterocycles. The normalized spacial score (nSPS) is 15.0. The van der Waals surface area contributed by atoms with E-state index in [1.54, 1.807) is 40.5 Å². The summed E-state index contributed by atoms with van der Waals surface area (Å²) in [6, 6.07) is 6.24. The molecule has 1 fully saturated rings. The Labute approximate surface area is 139 Å². The number of benzene rings is 1. The Morgan fingerprint density at radius 3 is 2.46 bits per heavy atom. The topological polar surface area (TPSA) is 54.8 Å². The third-order valence-electron chi connectivity index (χ3n) is 4.32. The highest BCUT2D eigenvalue weighted by molar-refractivity contribution is 5.98. The molecule has 0 spiro atoms. The fourth-order valence-corrected chi connectivity index (χ4v) is 2.98. The number of aromatic nitrogens is 1. The molecule has 0 atom stereocenters. The molecule has 7 heteroatoms. The minimum absolute atomic E-state index is 0.113. The number of halogens is 1. The van der Waals surface area contributed by atoms with Gasteiger partial charge in [-0.25, -0.2) is 9.18 Å². The lowest BCUT2D eigenvalue weighted by atomic mass is 10.2. The van der Waals surface area contributed by atoms with Gasteiger partial charge in [0.2, 0.25) is 0 Å². The summed E-state index contributed by atoms with van der Waals surface area (Å²) in [4.78, 5) is 27.8. The molecule has 0 radical (unpaired) electrons. The van der Waals surface area contributed by atoms with Gasteiger partial charge >= 0.3 is 6.09 Å². The van der Waals surface area contributed by atoms with Gasteiger partial charge in [-0.2, -0.15) is 0 Å². The van der Waals surface area contributed by atoms with Gasteiger partial charge in [0.1, 0.15) is 11.5 Å². The summed E-state index contributed by atoms with van der Waals surface area (Å²) in [6.45, 7) is 3.90. The van der Waals surface area contributed by atoms with E-state index in [1.807, 2.05) is 0 Å². The van der Waals surface area contributed by atoms with Crippen molar-refractivity contribution in [3.8, 4) is 0 Å². The van der Waals surface area contributed by atoms with E-state index in [-0.39, 0.29) is 17.8 Å². The van der Waals surface area contributed by atoms with Crippen molar-refractivity contribution in [3.05, 3.63) is 35.8 Å². The Kier molecular flexibility index (Phi) is 4.42. The molecule has 0 N–H and O–H groups in total. The van der Waals surface area contributed by atoms with Crippen molar-refractivity contribution >= 4 is 22.9 Å². The van der Waals surface area contributed by atoms with Crippen LogP contribution in [-0.2, 0) is 11.8 Å². The minimum Gasteiger partial charge on any atom is -0.450 e. The number of hydrogen-bond donors (Lipinski definition) is 0. The number of fused-ring (bicyclic) bond motifs is 1. The molecule has 2 amide bonds. The molecule has 1 aliphatic heterocycles. The van der Waals surface area contributed by atoms with Gasteiger partial charge in [0, 0.05) is 38.6 Å².